The van der Waals surface area contributed by atoms with E-state index in [4.69, 9.17) is 25.4 Å². The van der Waals surface area contributed by atoms with Gasteiger partial charge in [-0.15, -0.1) is 11.3 Å². The van der Waals surface area contributed by atoms with Crippen LogP contribution in [0.3, 0.4) is 0 Å². The summed E-state index contributed by atoms with van der Waals surface area (Å²) in [6, 6.07) is 10.7. The quantitative estimate of drug-likeness (QED) is 0.269. The van der Waals surface area contributed by atoms with E-state index < -0.39 is 11.8 Å². The third-order valence-corrected chi connectivity index (χ3v) is 6.86. The molecule has 4 rings (SSSR count). The second kappa shape index (κ2) is 11.0. The maximum atomic E-state index is 13.0. The highest BCUT2D eigenvalue weighted by Crippen LogP contribution is 2.35. The van der Waals surface area contributed by atoms with Gasteiger partial charge in [-0.2, -0.15) is 0 Å². The number of rotatable bonds is 10. The fourth-order valence-electron chi connectivity index (χ4n) is 4.18. The standard InChI is InChI=1S/C24H30N4O5S/c25-22(26)17-12-19(34-15-17)14-27-23(30)20-13-24(32-10-11-33-24)16-28(20)21(29)8-4-5-9-31-18-6-2-1-3-7-18/h1-3,6-7,12,15,20H,4-5,8-11,13-14,16H2,(H3,25,26)(H,27,30). The summed E-state index contributed by atoms with van der Waals surface area (Å²) in [6.45, 7) is 1.99. The Kier molecular flexibility index (Phi) is 7.81. The lowest BCUT2D eigenvalue weighted by molar-refractivity contribution is -0.152. The lowest BCUT2D eigenvalue weighted by atomic mass is 10.1. The van der Waals surface area contributed by atoms with E-state index in [1.54, 1.807) is 16.3 Å². The topological polar surface area (TPSA) is 127 Å². The van der Waals surface area contributed by atoms with Crippen molar-refractivity contribution in [3.63, 3.8) is 0 Å². The molecule has 2 saturated heterocycles. The molecular weight excluding hydrogens is 456 g/mol. The van der Waals surface area contributed by atoms with Gasteiger partial charge in [0, 0.05) is 28.7 Å². The number of hydrogen-bond acceptors (Lipinski definition) is 7. The third kappa shape index (κ3) is 5.94. The Morgan fingerprint density at radius 3 is 2.71 bits per heavy atom. The van der Waals surface area contributed by atoms with Crippen LogP contribution in [0.1, 0.15) is 36.1 Å². The van der Waals surface area contributed by atoms with Crippen LogP contribution in [0.5, 0.6) is 5.75 Å². The van der Waals surface area contributed by atoms with E-state index >= 15 is 0 Å². The van der Waals surface area contributed by atoms with Crippen LogP contribution in [0.25, 0.3) is 0 Å². The highest BCUT2D eigenvalue weighted by Gasteiger charge is 2.52. The molecule has 10 heteroatoms. The van der Waals surface area contributed by atoms with Gasteiger partial charge in [0.2, 0.25) is 11.8 Å². The second-order valence-electron chi connectivity index (χ2n) is 8.40. The summed E-state index contributed by atoms with van der Waals surface area (Å²) in [7, 11) is 0. The zero-order chi connectivity index (χ0) is 24.0. The first-order valence-corrected chi connectivity index (χ1v) is 12.3. The predicted octanol–water partition coefficient (Wildman–Crippen LogP) is 2.24. The number of benzene rings is 1. The van der Waals surface area contributed by atoms with Crippen molar-refractivity contribution >= 4 is 29.0 Å². The van der Waals surface area contributed by atoms with Crippen LogP contribution in [-0.4, -0.2) is 60.7 Å². The number of hydrogen-bond donors (Lipinski definition) is 3. The Balaban J connectivity index is 1.30. The number of unbranched alkanes of at least 4 members (excludes halogenated alkanes) is 1. The molecule has 4 N–H and O–H groups in total. The molecule has 0 radical (unpaired) electrons. The molecule has 2 aliphatic rings. The predicted molar refractivity (Wildman–Crippen MR) is 128 cm³/mol. The number of nitrogens with one attached hydrogen (secondary N) is 2. The van der Waals surface area contributed by atoms with Gasteiger partial charge in [0.15, 0.2) is 5.79 Å². The number of ether oxygens (including phenoxy) is 3. The van der Waals surface area contributed by atoms with Crippen LogP contribution in [0.15, 0.2) is 41.8 Å². The minimum Gasteiger partial charge on any atom is -0.494 e. The zero-order valence-electron chi connectivity index (χ0n) is 19.0. The number of carbonyl (C=O) groups excluding carboxylic acids is 2. The Labute approximate surface area is 202 Å². The first-order valence-electron chi connectivity index (χ1n) is 11.4. The van der Waals surface area contributed by atoms with Crippen molar-refractivity contribution in [2.45, 2.75) is 44.1 Å². The van der Waals surface area contributed by atoms with Crippen molar-refractivity contribution in [3.05, 3.63) is 52.2 Å². The molecule has 1 aromatic carbocycles. The number of thiophene rings is 1. The number of amides is 2. The number of nitrogens with two attached hydrogens (primary N) is 1. The summed E-state index contributed by atoms with van der Waals surface area (Å²) >= 11 is 1.43. The van der Waals surface area contributed by atoms with Gasteiger partial charge in [-0.1, -0.05) is 18.2 Å². The third-order valence-electron chi connectivity index (χ3n) is 5.93. The van der Waals surface area contributed by atoms with E-state index in [9.17, 15) is 9.59 Å². The molecular formula is C24H30N4O5S. The second-order valence-corrected chi connectivity index (χ2v) is 9.40. The minimum atomic E-state index is -0.904. The molecule has 2 fully saturated rings. The van der Waals surface area contributed by atoms with Gasteiger partial charge in [-0.25, -0.2) is 0 Å². The fourth-order valence-corrected chi connectivity index (χ4v) is 5.00. The van der Waals surface area contributed by atoms with Gasteiger partial charge in [0.1, 0.15) is 17.6 Å². The van der Waals surface area contributed by atoms with Crippen molar-refractivity contribution in [1.29, 1.82) is 5.41 Å². The molecule has 1 unspecified atom stereocenters. The van der Waals surface area contributed by atoms with E-state index in [-0.39, 0.29) is 24.2 Å². The Morgan fingerprint density at radius 1 is 1.24 bits per heavy atom. The van der Waals surface area contributed by atoms with Crippen LogP contribution in [0.4, 0.5) is 0 Å². The fraction of sp³-hybridized carbons (Fsp3) is 0.458. The molecule has 2 aliphatic heterocycles. The molecule has 34 heavy (non-hydrogen) atoms. The molecule has 1 spiro atoms. The van der Waals surface area contributed by atoms with Crippen molar-refractivity contribution in [2.75, 3.05) is 26.4 Å². The summed E-state index contributed by atoms with van der Waals surface area (Å²) in [5, 5.41) is 12.2. The largest absolute Gasteiger partial charge is 0.494 e. The van der Waals surface area contributed by atoms with E-state index in [2.05, 4.69) is 5.32 Å². The highest BCUT2D eigenvalue weighted by molar-refractivity contribution is 7.10. The molecule has 3 heterocycles. The van der Waals surface area contributed by atoms with Crippen molar-refractivity contribution in [1.82, 2.24) is 10.2 Å². The summed E-state index contributed by atoms with van der Waals surface area (Å²) in [6.07, 6.45) is 2.03. The molecule has 1 atom stereocenters. The number of amidine groups is 1. The van der Waals surface area contributed by atoms with Crippen molar-refractivity contribution < 1.29 is 23.8 Å². The van der Waals surface area contributed by atoms with Gasteiger partial charge in [0.25, 0.3) is 0 Å². The van der Waals surface area contributed by atoms with Crippen LogP contribution in [-0.2, 0) is 25.6 Å². The van der Waals surface area contributed by atoms with E-state index in [0.717, 1.165) is 17.0 Å². The van der Waals surface area contributed by atoms with Crippen molar-refractivity contribution in [3.8, 4) is 5.75 Å². The molecule has 0 saturated carbocycles. The van der Waals surface area contributed by atoms with E-state index in [1.807, 2.05) is 30.3 Å². The molecule has 1 aromatic heterocycles. The maximum absolute atomic E-state index is 13.0. The van der Waals surface area contributed by atoms with Gasteiger partial charge < -0.3 is 30.2 Å². The van der Waals surface area contributed by atoms with Gasteiger partial charge in [-0.3, -0.25) is 15.0 Å². The first kappa shape index (κ1) is 24.2. The smallest absolute Gasteiger partial charge is 0.243 e. The van der Waals surface area contributed by atoms with Gasteiger partial charge >= 0.3 is 0 Å². The number of likely N-dealkylation sites (tertiary alicyclic amines) is 1. The van der Waals surface area contributed by atoms with Crippen LogP contribution in [0, 0.1) is 5.41 Å². The minimum absolute atomic E-state index is 0.00645. The summed E-state index contributed by atoms with van der Waals surface area (Å²) < 4.78 is 17.3. The van der Waals surface area contributed by atoms with E-state index in [1.165, 1.54) is 11.3 Å². The maximum Gasteiger partial charge on any atom is 0.243 e. The first-order chi connectivity index (χ1) is 16.5. The molecule has 182 valence electrons. The molecule has 2 aromatic rings. The number of nitrogens with zero attached hydrogens (tertiary/aromatic N) is 1. The average molecular weight is 487 g/mol. The lowest BCUT2D eigenvalue weighted by Crippen LogP contribution is -2.45. The zero-order valence-corrected chi connectivity index (χ0v) is 19.8. The monoisotopic (exact) mass is 486 g/mol. The Bertz CT molecular complexity index is 1010. The molecule has 2 amide bonds. The SMILES string of the molecule is N=C(N)c1csc(CNC(=O)C2CC3(CN2C(=O)CCCCOc2ccccc2)OCCO3)c1. The van der Waals surface area contributed by atoms with Gasteiger partial charge in [-0.05, 0) is 31.0 Å². The van der Waals surface area contributed by atoms with Crippen molar-refractivity contribution in [2.24, 2.45) is 5.73 Å². The summed E-state index contributed by atoms with van der Waals surface area (Å²) in [5.74, 6) is -0.434. The average Bonchev–Trinajstić information content (AvgIpc) is 3.58. The molecule has 0 aliphatic carbocycles. The van der Waals surface area contributed by atoms with E-state index in [0.29, 0.717) is 51.2 Å². The Hall–Kier alpha value is -2.95. The number of para-hydroxylation sites is 1. The lowest BCUT2D eigenvalue weighted by Gasteiger charge is -2.24. The normalized spacial score (nSPS) is 18.8. The van der Waals surface area contributed by atoms with Crippen LogP contribution < -0.4 is 15.8 Å². The van der Waals surface area contributed by atoms with Crippen LogP contribution in [0.2, 0.25) is 0 Å². The highest BCUT2D eigenvalue weighted by atomic mass is 32.1. The van der Waals surface area contributed by atoms with Crippen LogP contribution >= 0.6 is 11.3 Å². The summed E-state index contributed by atoms with van der Waals surface area (Å²) in [4.78, 5) is 28.6. The van der Waals surface area contributed by atoms with Gasteiger partial charge in [0.05, 0.1) is 32.9 Å². The number of nitrogen functional groups attached to an aromatic ring is 1. The molecule has 0 bridgehead atoms. The number of carbonyl (C=O) groups is 2. The Morgan fingerprint density at radius 2 is 2.00 bits per heavy atom. The molecule has 9 nitrogen and oxygen atoms in total. The summed E-state index contributed by atoms with van der Waals surface area (Å²) in [5.41, 5.74) is 6.15.